The molecule has 0 atom stereocenters. The number of ether oxygens (including phenoxy) is 3. The van der Waals surface area contributed by atoms with E-state index in [0.717, 1.165) is 30.5 Å². The monoisotopic (exact) mass is 654 g/mol. The minimum atomic E-state index is -4.71. The van der Waals surface area contributed by atoms with Crippen molar-refractivity contribution in [1.29, 1.82) is 0 Å². The lowest BCUT2D eigenvalue weighted by Gasteiger charge is -2.08. The van der Waals surface area contributed by atoms with Gasteiger partial charge < -0.3 is 29.0 Å². The molecule has 0 aliphatic carbocycles. The molecule has 0 fully saturated rings. The average Bonchev–Trinajstić information content (AvgIpc) is 3.43. The van der Waals surface area contributed by atoms with E-state index >= 15 is 0 Å². The fourth-order valence-corrected chi connectivity index (χ4v) is 2.92. The molecule has 0 saturated heterocycles. The predicted molar refractivity (Wildman–Crippen MR) is 136 cm³/mol. The minimum absolute atomic E-state index is 0.278. The molecule has 4 aromatic rings. The number of aldehydes is 1. The van der Waals surface area contributed by atoms with Crippen molar-refractivity contribution in [2.75, 3.05) is 0 Å². The van der Waals surface area contributed by atoms with Crippen LogP contribution in [0.15, 0.2) is 88.5 Å². The second kappa shape index (κ2) is 16.0. The van der Waals surface area contributed by atoms with Crippen molar-refractivity contribution in [2.45, 2.75) is 25.7 Å². The topological polar surface area (TPSA) is 124 Å². The molecule has 0 aliphatic heterocycles. The molecule has 0 unspecified atom stereocenters. The number of rotatable bonds is 7. The SMILES string of the molecule is O=Cc1ccc(OC(F)(F)F)cc1.OCc1cc(-c2ccc(OC(F)(F)F)cc2)no1.ON=Cc1ccc(OC(F)(F)F)cc1. The molecule has 45 heavy (non-hydrogen) atoms. The summed E-state index contributed by atoms with van der Waals surface area (Å²) in [5.41, 5.74) is 1.77. The van der Waals surface area contributed by atoms with Crippen molar-refractivity contribution < 1.29 is 73.4 Å². The van der Waals surface area contributed by atoms with E-state index in [1.54, 1.807) is 0 Å². The van der Waals surface area contributed by atoms with Crippen LogP contribution in [0.2, 0.25) is 0 Å². The first-order valence-electron chi connectivity index (χ1n) is 11.8. The lowest BCUT2D eigenvalue weighted by Crippen LogP contribution is -2.17. The van der Waals surface area contributed by atoms with E-state index in [4.69, 9.17) is 14.8 Å². The van der Waals surface area contributed by atoms with Gasteiger partial charge in [-0.05, 0) is 78.4 Å². The number of carbonyl (C=O) groups is 1. The summed E-state index contributed by atoms with van der Waals surface area (Å²) in [4.78, 5) is 10.1. The van der Waals surface area contributed by atoms with E-state index in [1.165, 1.54) is 54.6 Å². The standard InChI is InChI=1S/C11H8F3NO3.C8H6F3NO2.C8H5F3O2/c12-11(13,14)17-8-3-1-7(2-4-8)10-5-9(6-16)18-15-10;9-8(10,11)14-7-3-1-6(2-4-7)5-12-13;9-8(10,11)13-7-3-1-6(5-12)2-4-7/h1-5,16H,6H2;1-5,13H;1-5H. The summed E-state index contributed by atoms with van der Waals surface area (Å²) in [6.07, 6.45) is -12.5. The molecule has 4 rings (SSSR count). The maximum Gasteiger partial charge on any atom is 0.573 e. The number of nitrogens with zero attached hydrogens (tertiary/aromatic N) is 2. The van der Waals surface area contributed by atoms with Crippen LogP contribution in [0.3, 0.4) is 0 Å². The molecular weight excluding hydrogens is 635 g/mol. The van der Waals surface area contributed by atoms with Crippen molar-refractivity contribution in [3.63, 3.8) is 0 Å². The smallest absolute Gasteiger partial charge is 0.411 e. The summed E-state index contributed by atoms with van der Waals surface area (Å²) in [5.74, 6) is -0.677. The van der Waals surface area contributed by atoms with E-state index in [2.05, 4.69) is 24.5 Å². The highest BCUT2D eigenvalue weighted by atomic mass is 19.4. The van der Waals surface area contributed by atoms with Gasteiger partial charge in [0.05, 0.1) is 6.21 Å². The predicted octanol–water partition coefficient (Wildman–Crippen LogP) is 7.52. The Hall–Kier alpha value is -5.26. The Morgan fingerprint density at radius 2 is 1.09 bits per heavy atom. The Morgan fingerprint density at radius 1 is 0.689 bits per heavy atom. The van der Waals surface area contributed by atoms with E-state index in [0.29, 0.717) is 28.7 Å². The zero-order valence-corrected chi connectivity index (χ0v) is 22.1. The number of hydrogen-bond donors (Lipinski definition) is 2. The van der Waals surface area contributed by atoms with Gasteiger partial charge in [0, 0.05) is 17.2 Å². The number of aliphatic hydroxyl groups is 1. The number of aromatic nitrogens is 1. The van der Waals surface area contributed by atoms with Crippen LogP contribution in [0.5, 0.6) is 17.2 Å². The Balaban J connectivity index is 0.000000239. The van der Waals surface area contributed by atoms with Gasteiger partial charge in [-0.15, -0.1) is 39.5 Å². The van der Waals surface area contributed by atoms with Gasteiger partial charge in [-0.3, -0.25) is 4.79 Å². The normalized spacial score (nSPS) is 11.5. The third-order valence-electron chi connectivity index (χ3n) is 4.67. The number of carbonyl (C=O) groups excluding carboxylic acids is 1. The first kappa shape index (κ1) is 35.9. The van der Waals surface area contributed by atoms with Gasteiger partial charge in [-0.25, -0.2) is 0 Å². The van der Waals surface area contributed by atoms with Crippen LogP contribution in [0, 0.1) is 0 Å². The van der Waals surface area contributed by atoms with E-state index in [9.17, 15) is 44.3 Å². The van der Waals surface area contributed by atoms with Crippen molar-refractivity contribution in [3.05, 3.63) is 95.7 Å². The molecule has 0 saturated carbocycles. The zero-order chi connectivity index (χ0) is 33.7. The molecule has 1 heterocycles. The molecule has 0 aliphatic rings. The number of oxime groups is 1. The van der Waals surface area contributed by atoms with Gasteiger partial charge in [-0.2, -0.15) is 0 Å². The second-order valence-electron chi connectivity index (χ2n) is 8.00. The number of aliphatic hydroxyl groups excluding tert-OH is 1. The molecule has 0 radical (unpaired) electrons. The van der Waals surface area contributed by atoms with E-state index < -0.39 is 19.1 Å². The molecular formula is C27H19F9N2O7. The fourth-order valence-electron chi connectivity index (χ4n) is 2.92. The summed E-state index contributed by atoms with van der Waals surface area (Å²) in [7, 11) is 0. The number of halogens is 9. The summed E-state index contributed by atoms with van der Waals surface area (Å²) in [6, 6.07) is 16.3. The average molecular weight is 654 g/mol. The van der Waals surface area contributed by atoms with Crippen molar-refractivity contribution in [2.24, 2.45) is 5.16 Å². The van der Waals surface area contributed by atoms with Crippen LogP contribution in [-0.2, 0) is 6.61 Å². The molecule has 18 heteroatoms. The number of hydrogen-bond acceptors (Lipinski definition) is 9. The highest BCUT2D eigenvalue weighted by Crippen LogP contribution is 2.27. The summed E-state index contributed by atoms with van der Waals surface area (Å²) in [6.45, 7) is -0.289. The zero-order valence-electron chi connectivity index (χ0n) is 22.1. The lowest BCUT2D eigenvalue weighted by molar-refractivity contribution is -0.275. The van der Waals surface area contributed by atoms with Gasteiger partial charge in [0.15, 0.2) is 5.76 Å². The van der Waals surface area contributed by atoms with Crippen LogP contribution in [0.25, 0.3) is 11.3 Å². The molecule has 1 aromatic heterocycles. The summed E-state index contributed by atoms with van der Waals surface area (Å²) >= 11 is 0. The quantitative estimate of drug-likeness (QED) is 0.0690. The molecule has 2 N–H and O–H groups in total. The molecule has 0 spiro atoms. The first-order valence-corrected chi connectivity index (χ1v) is 11.8. The van der Waals surface area contributed by atoms with Crippen LogP contribution in [0.1, 0.15) is 21.7 Å². The highest BCUT2D eigenvalue weighted by Gasteiger charge is 2.32. The number of alkyl halides is 9. The molecule has 0 amide bonds. The lowest BCUT2D eigenvalue weighted by atomic mass is 10.1. The van der Waals surface area contributed by atoms with Gasteiger partial charge in [0.25, 0.3) is 0 Å². The highest BCUT2D eigenvalue weighted by molar-refractivity contribution is 5.79. The number of benzene rings is 3. The van der Waals surface area contributed by atoms with Crippen LogP contribution in [-0.4, -0.2) is 47.1 Å². The molecule has 0 bridgehead atoms. The fraction of sp³-hybridized carbons (Fsp3) is 0.148. The van der Waals surface area contributed by atoms with Gasteiger partial charge in [-0.1, -0.05) is 10.3 Å². The molecule has 242 valence electrons. The van der Waals surface area contributed by atoms with Gasteiger partial charge in [0.2, 0.25) is 0 Å². The minimum Gasteiger partial charge on any atom is -0.411 e. The Labute approximate surface area is 246 Å². The van der Waals surface area contributed by atoms with Crippen molar-refractivity contribution >= 4 is 12.5 Å². The van der Waals surface area contributed by atoms with Crippen LogP contribution < -0.4 is 14.2 Å². The Kier molecular flexibility index (Phi) is 12.8. The van der Waals surface area contributed by atoms with Crippen LogP contribution in [0.4, 0.5) is 39.5 Å². The Bertz CT molecular complexity index is 1480. The third-order valence-corrected chi connectivity index (χ3v) is 4.67. The van der Waals surface area contributed by atoms with Crippen LogP contribution >= 0.6 is 0 Å². The van der Waals surface area contributed by atoms with Gasteiger partial charge >= 0.3 is 19.1 Å². The third kappa shape index (κ3) is 14.7. The molecule has 9 nitrogen and oxygen atoms in total. The summed E-state index contributed by atoms with van der Waals surface area (Å²) < 4.78 is 122. The van der Waals surface area contributed by atoms with Crippen molar-refractivity contribution in [1.82, 2.24) is 5.16 Å². The van der Waals surface area contributed by atoms with E-state index in [1.807, 2.05) is 0 Å². The van der Waals surface area contributed by atoms with E-state index in [-0.39, 0.29) is 29.6 Å². The summed E-state index contributed by atoms with van der Waals surface area (Å²) in [5, 5.41) is 23.3. The van der Waals surface area contributed by atoms with Gasteiger partial charge in [0.1, 0.15) is 35.8 Å². The largest absolute Gasteiger partial charge is 0.573 e. The molecule has 3 aromatic carbocycles. The maximum absolute atomic E-state index is 11.9. The Morgan fingerprint density at radius 3 is 1.42 bits per heavy atom. The van der Waals surface area contributed by atoms with Crippen molar-refractivity contribution in [3.8, 4) is 28.5 Å². The maximum atomic E-state index is 11.9. The first-order chi connectivity index (χ1) is 21.0. The second-order valence-corrected chi connectivity index (χ2v) is 8.00.